The molecule has 1 aromatic rings. The van der Waals surface area contributed by atoms with E-state index < -0.39 is 5.97 Å². The lowest BCUT2D eigenvalue weighted by atomic mass is 10.1. The van der Waals surface area contributed by atoms with Crippen molar-refractivity contribution in [1.29, 1.82) is 0 Å². The Labute approximate surface area is 73.4 Å². The molecule has 2 heterocycles. The van der Waals surface area contributed by atoms with Gasteiger partial charge < -0.3 is 10.4 Å². The Bertz CT molecular complexity index is 400. The predicted octanol–water partition coefficient (Wildman–Crippen LogP) is 0.0232. The fraction of sp³-hybridized carbons (Fsp3) is 0.125. The number of hydrogen-bond acceptors (Lipinski definition) is 3. The lowest BCUT2D eigenvalue weighted by Gasteiger charge is -1.96. The quantitative estimate of drug-likeness (QED) is 0.635. The Balaban J connectivity index is 2.54. The topological polar surface area (TPSA) is 79.3 Å². The molecule has 2 N–H and O–H groups in total. The van der Waals surface area contributed by atoms with E-state index in [0.717, 1.165) is 0 Å². The van der Waals surface area contributed by atoms with Crippen LogP contribution in [0.3, 0.4) is 0 Å². The first kappa shape index (κ1) is 7.72. The molecule has 0 aliphatic carbocycles. The normalized spacial score (nSPS) is 13.7. The van der Waals surface area contributed by atoms with Crippen molar-refractivity contribution in [1.82, 2.24) is 10.3 Å². The number of carboxylic acid groups (broad SMARTS) is 1. The van der Waals surface area contributed by atoms with Crippen molar-refractivity contribution in [2.45, 2.75) is 6.54 Å². The highest BCUT2D eigenvalue weighted by Gasteiger charge is 2.21. The largest absolute Gasteiger partial charge is 0.478 e. The molecule has 0 saturated heterocycles. The van der Waals surface area contributed by atoms with Gasteiger partial charge in [-0.05, 0) is 6.07 Å². The molecule has 13 heavy (non-hydrogen) atoms. The number of fused-ring (bicyclic) bond motifs is 1. The van der Waals surface area contributed by atoms with E-state index in [1.54, 1.807) is 0 Å². The van der Waals surface area contributed by atoms with Gasteiger partial charge in [-0.3, -0.25) is 9.78 Å². The second-order valence-corrected chi connectivity index (χ2v) is 2.71. The standard InChI is InChI=1S/C8H6N2O3/c11-7-5-1-4(8(12)13)2-9-6(5)3-10-7/h1-2H,3H2,(H,10,11)(H,12,13). The molecule has 0 radical (unpaired) electrons. The zero-order valence-electron chi connectivity index (χ0n) is 6.57. The van der Waals surface area contributed by atoms with Gasteiger partial charge in [0.1, 0.15) is 0 Å². The number of nitrogens with zero attached hydrogens (tertiary/aromatic N) is 1. The number of carboxylic acids is 1. The predicted molar refractivity (Wildman–Crippen MR) is 42.4 cm³/mol. The van der Waals surface area contributed by atoms with E-state index >= 15 is 0 Å². The van der Waals surface area contributed by atoms with Gasteiger partial charge >= 0.3 is 5.97 Å². The molecular formula is C8H6N2O3. The highest BCUT2D eigenvalue weighted by molar-refractivity contribution is 6.00. The van der Waals surface area contributed by atoms with Crippen molar-refractivity contribution >= 4 is 11.9 Å². The number of hydrogen-bond donors (Lipinski definition) is 2. The Morgan fingerprint density at radius 3 is 3.08 bits per heavy atom. The molecule has 0 fully saturated rings. The van der Waals surface area contributed by atoms with Crippen LogP contribution < -0.4 is 5.32 Å². The van der Waals surface area contributed by atoms with Crippen LogP contribution in [0.15, 0.2) is 12.3 Å². The summed E-state index contributed by atoms with van der Waals surface area (Å²) in [5, 5.41) is 11.2. The molecule has 1 aromatic heterocycles. The van der Waals surface area contributed by atoms with Crippen molar-refractivity contribution < 1.29 is 14.7 Å². The molecule has 0 aromatic carbocycles. The zero-order valence-corrected chi connectivity index (χ0v) is 6.57. The van der Waals surface area contributed by atoms with Crippen LogP contribution in [-0.2, 0) is 6.54 Å². The summed E-state index contributed by atoms with van der Waals surface area (Å²) in [4.78, 5) is 25.5. The van der Waals surface area contributed by atoms with Crippen molar-refractivity contribution in [2.24, 2.45) is 0 Å². The lowest BCUT2D eigenvalue weighted by molar-refractivity contribution is 0.0696. The third-order valence-electron chi connectivity index (χ3n) is 1.88. The number of carbonyl (C=O) groups is 2. The summed E-state index contributed by atoms with van der Waals surface area (Å²) < 4.78 is 0. The maximum absolute atomic E-state index is 11.1. The van der Waals surface area contributed by atoms with E-state index in [-0.39, 0.29) is 11.5 Å². The summed E-state index contributed by atoms with van der Waals surface area (Å²) in [6, 6.07) is 1.34. The maximum Gasteiger partial charge on any atom is 0.337 e. The van der Waals surface area contributed by atoms with Gasteiger partial charge in [-0.1, -0.05) is 0 Å². The van der Waals surface area contributed by atoms with Gasteiger partial charge in [-0.15, -0.1) is 0 Å². The highest BCUT2D eigenvalue weighted by atomic mass is 16.4. The van der Waals surface area contributed by atoms with E-state index in [2.05, 4.69) is 10.3 Å². The average molecular weight is 178 g/mol. The molecule has 66 valence electrons. The summed E-state index contributed by atoms with van der Waals surface area (Å²) in [5.41, 5.74) is 1.01. The van der Waals surface area contributed by atoms with Crippen LogP contribution in [0, 0.1) is 0 Å². The summed E-state index contributed by atoms with van der Waals surface area (Å²) >= 11 is 0. The Morgan fingerprint density at radius 1 is 1.62 bits per heavy atom. The van der Waals surface area contributed by atoms with E-state index in [1.807, 2.05) is 0 Å². The Morgan fingerprint density at radius 2 is 2.38 bits per heavy atom. The number of nitrogens with one attached hydrogen (secondary N) is 1. The fourth-order valence-corrected chi connectivity index (χ4v) is 1.21. The lowest BCUT2D eigenvalue weighted by Crippen LogP contribution is -2.12. The minimum atomic E-state index is -1.07. The van der Waals surface area contributed by atoms with Gasteiger partial charge in [-0.25, -0.2) is 4.79 Å². The Kier molecular flexibility index (Phi) is 1.51. The smallest absolute Gasteiger partial charge is 0.337 e. The molecule has 0 bridgehead atoms. The number of amides is 1. The number of aromatic nitrogens is 1. The minimum Gasteiger partial charge on any atom is -0.478 e. The second-order valence-electron chi connectivity index (χ2n) is 2.71. The zero-order chi connectivity index (χ0) is 9.42. The van der Waals surface area contributed by atoms with Crippen LogP contribution in [0.4, 0.5) is 0 Å². The van der Waals surface area contributed by atoms with Crippen LogP contribution in [0.25, 0.3) is 0 Å². The first-order chi connectivity index (χ1) is 6.18. The molecule has 1 aliphatic heterocycles. The van der Waals surface area contributed by atoms with Gasteiger partial charge in [0, 0.05) is 6.20 Å². The molecule has 5 nitrogen and oxygen atoms in total. The minimum absolute atomic E-state index is 0.0378. The van der Waals surface area contributed by atoms with Crippen molar-refractivity contribution in [3.8, 4) is 0 Å². The third kappa shape index (κ3) is 1.14. The van der Waals surface area contributed by atoms with Crippen molar-refractivity contribution in [3.63, 3.8) is 0 Å². The molecule has 5 heteroatoms. The fourth-order valence-electron chi connectivity index (χ4n) is 1.21. The molecule has 2 rings (SSSR count). The highest BCUT2D eigenvalue weighted by Crippen LogP contribution is 2.13. The second kappa shape index (κ2) is 2.55. The van der Waals surface area contributed by atoms with Crippen molar-refractivity contribution in [3.05, 3.63) is 29.1 Å². The van der Waals surface area contributed by atoms with Crippen LogP contribution >= 0.6 is 0 Å². The van der Waals surface area contributed by atoms with Gasteiger partial charge in [0.25, 0.3) is 5.91 Å². The van der Waals surface area contributed by atoms with E-state index in [4.69, 9.17) is 5.11 Å². The summed E-state index contributed by atoms with van der Waals surface area (Å²) in [7, 11) is 0. The molecule has 1 amide bonds. The van der Waals surface area contributed by atoms with Crippen LogP contribution in [0.1, 0.15) is 26.4 Å². The van der Waals surface area contributed by atoms with Crippen LogP contribution in [0.2, 0.25) is 0 Å². The number of carbonyl (C=O) groups excluding carboxylic acids is 1. The summed E-state index contributed by atoms with van der Waals surface area (Å²) in [6.45, 7) is 0.383. The van der Waals surface area contributed by atoms with E-state index in [0.29, 0.717) is 17.8 Å². The molecular weight excluding hydrogens is 172 g/mol. The number of rotatable bonds is 1. The van der Waals surface area contributed by atoms with Crippen LogP contribution in [0.5, 0.6) is 0 Å². The van der Waals surface area contributed by atoms with Gasteiger partial charge in [0.15, 0.2) is 0 Å². The first-order valence-corrected chi connectivity index (χ1v) is 3.69. The third-order valence-corrected chi connectivity index (χ3v) is 1.88. The summed E-state index contributed by atoms with van der Waals surface area (Å²) in [5.74, 6) is -1.33. The summed E-state index contributed by atoms with van der Waals surface area (Å²) in [6.07, 6.45) is 1.25. The van der Waals surface area contributed by atoms with Gasteiger partial charge in [-0.2, -0.15) is 0 Å². The van der Waals surface area contributed by atoms with E-state index in [9.17, 15) is 9.59 Å². The first-order valence-electron chi connectivity index (χ1n) is 3.69. The van der Waals surface area contributed by atoms with Gasteiger partial charge in [0.2, 0.25) is 0 Å². The molecule has 1 aliphatic rings. The SMILES string of the molecule is O=C(O)c1cnc2c(c1)C(=O)NC2. The van der Waals surface area contributed by atoms with E-state index in [1.165, 1.54) is 12.3 Å². The van der Waals surface area contributed by atoms with Gasteiger partial charge in [0.05, 0.1) is 23.4 Å². The monoisotopic (exact) mass is 178 g/mol. The molecule has 0 spiro atoms. The maximum atomic E-state index is 11.1. The number of aromatic carboxylic acids is 1. The van der Waals surface area contributed by atoms with Crippen LogP contribution in [-0.4, -0.2) is 22.0 Å². The molecule has 0 unspecified atom stereocenters. The Hall–Kier alpha value is -1.91. The van der Waals surface area contributed by atoms with Crippen molar-refractivity contribution in [2.75, 3.05) is 0 Å². The molecule has 0 saturated carbocycles. The number of pyridine rings is 1. The average Bonchev–Trinajstić information content (AvgIpc) is 2.47. The molecule has 0 atom stereocenters.